The summed E-state index contributed by atoms with van der Waals surface area (Å²) in [6, 6.07) is 4.88. The summed E-state index contributed by atoms with van der Waals surface area (Å²) in [6.45, 7) is 1.75. The maximum Gasteiger partial charge on any atom is 0.374 e. The summed E-state index contributed by atoms with van der Waals surface area (Å²) < 4.78 is 5.01. The minimum Gasteiger partial charge on any atom is -0.476 e. The van der Waals surface area contributed by atoms with Gasteiger partial charge in [-0.2, -0.15) is 0 Å². The Balaban J connectivity index is 2.64. The summed E-state index contributed by atoms with van der Waals surface area (Å²) in [4.78, 5) is 25.5. The first-order valence-electron chi connectivity index (χ1n) is 5.14. The van der Waals surface area contributed by atoms with Crippen molar-refractivity contribution in [3.05, 3.63) is 40.2 Å². The fraction of sp³-hybridized carbons (Fsp3) is 0.0833. The Labute approximate surface area is 112 Å². The molecule has 0 fully saturated rings. The van der Waals surface area contributed by atoms with E-state index in [4.69, 9.17) is 26.2 Å². The second-order valence-electron chi connectivity index (χ2n) is 3.77. The number of halogens is 1. The van der Waals surface area contributed by atoms with Crippen molar-refractivity contribution in [1.82, 2.24) is 4.98 Å². The highest BCUT2D eigenvalue weighted by atomic mass is 35.5. The lowest BCUT2D eigenvalue weighted by atomic mass is 10.1. The number of carboxylic acid groups (broad SMARTS) is 2. The number of aromatic carboxylic acids is 2. The van der Waals surface area contributed by atoms with Crippen molar-refractivity contribution in [3.8, 4) is 11.5 Å². The van der Waals surface area contributed by atoms with Crippen molar-refractivity contribution in [3.63, 3.8) is 0 Å². The van der Waals surface area contributed by atoms with Gasteiger partial charge in [0, 0.05) is 10.6 Å². The standard InChI is InChI=1S/C12H8ClNO5/c1-5-2-3-6(13)4-7(5)10-14-8(11(15)16)9(19-10)12(17)18/h2-4H,1H3,(H,15,16)(H,17,18). The smallest absolute Gasteiger partial charge is 0.374 e. The molecule has 1 heterocycles. The fourth-order valence-corrected chi connectivity index (χ4v) is 1.72. The second-order valence-corrected chi connectivity index (χ2v) is 4.20. The van der Waals surface area contributed by atoms with Crippen LogP contribution in [-0.2, 0) is 0 Å². The molecule has 2 N–H and O–H groups in total. The van der Waals surface area contributed by atoms with Crippen molar-refractivity contribution in [2.45, 2.75) is 6.92 Å². The highest BCUT2D eigenvalue weighted by molar-refractivity contribution is 6.30. The number of aryl methyl sites for hydroxylation is 1. The zero-order valence-electron chi connectivity index (χ0n) is 9.68. The first-order valence-corrected chi connectivity index (χ1v) is 5.52. The normalized spacial score (nSPS) is 10.4. The minimum atomic E-state index is -1.49. The number of hydrogen-bond acceptors (Lipinski definition) is 4. The summed E-state index contributed by atoms with van der Waals surface area (Å²) in [5.41, 5.74) is 0.545. The number of carbonyl (C=O) groups is 2. The largest absolute Gasteiger partial charge is 0.476 e. The average molecular weight is 282 g/mol. The highest BCUT2D eigenvalue weighted by Crippen LogP contribution is 2.27. The minimum absolute atomic E-state index is 0.0881. The van der Waals surface area contributed by atoms with Crippen LogP contribution in [0.15, 0.2) is 22.6 Å². The van der Waals surface area contributed by atoms with E-state index >= 15 is 0 Å². The summed E-state index contributed by atoms with van der Waals surface area (Å²) in [7, 11) is 0. The zero-order chi connectivity index (χ0) is 14.2. The van der Waals surface area contributed by atoms with E-state index in [9.17, 15) is 9.59 Å². The topological polar surface area (TPSA) is 101 Å². The Morgan fingerprint density at radius 3 is 2.47 bits per heavy atom. The number of carboxylic acids is 2. The van der Waals surface area contributed by atoms with E-state index < -0.39 is 23.4 Å². The number of rotatable bonds is 3. The lowest BCUT2D eigenvalue weighted by molar-refractivity contribution is 0.0624. The van der Waals surface area contributed by atoms with E-state index in [-0.39, 0.29) is 5.89 Å². The molecule has 0 unspecified atom stereocenters. The summed E-state index contributed by atoms with van der Waals surface area (Å²) in [5, 5.41) is 18.2. The Kier molecular flexibility index (Phi) is 3.26. The third-order valence-corrected chi connectivity index (χ3v) is 2.69. The Morgan fingerprint density at radius 1 is 1.26 bits per heavy atom. The molecule has 0 aliphatic heterocycles. The third-order valence-electron chi connectivity index (χ3n) is 2.45. The van der Waals surface area contributed by atoms with Crippen LogP contribution in [0.1, 0.15) is 26.6 Å². The summed E-state index contributed by atoms with van der Waals surface area (Å²) in [6.07, 6.45) is 0. The molecule has 0 radical (unpaired) electrons. The monoisotopic (exact) mass is 281 g/mol. The van der Waals surface area contributed by atoms with E-state index in [0.29, 0.717) is 10.6 Å². The lowest BCUT2D eigenvalue weighted by Crippen LogP contribution is -2.05. The van der Waals surface area contributed by atoms with Crippen molar-refractivity contribution >= 4 is 23.5 Å². The molecule has 0 saturated carbocycles. The Hall–Kier alpha value is -2.34. The quantitative estimate of drug-likeness (QED) is 0.897. The third kappa shape index (κ3) is 2.43. The number of oxazole rings is 1. The van der Waals surface area contributed by atoms with E-state index in [0.717, 1.165) is 5.56 Å². The molecule has 7 heteroatoms. The second kappa shape index (κ2) is 4.74. The van der Waals surface area contributed by atoms with Gasteiger partial charge in [0.2, 0.25) is 17.3 Å². The van der Waals surface area contributed by atoms with Crippen LogP contribution in [0, 0.1) is 6.92 Å². The molecule has 2 rings (SSSR count). The van der Waals surface area contributed by atoms with Gasteiger partial charge in [0.15, 0.2) is 0 Å². The molecule has 6 nitrogen and oxygen atoms in total. The molecule has 0 amide bonds. The molecule has 0 bridgehead atoms. The first-order chi connectivity index (χ1) is 8.90. The van der Waals surface area contributed by atoms with Crippen LogP contribution in [0.3, 0.4) is 0 Å². The van der Waals surface area contributed by atoms with Gasteiger partial charge in [0.1, 0.15) is 0 Å². The lowest BCUT2D eigenvalue weighted by Gasteiger charge is -2.01. The van der Waals surface area contributed by atoms with Crippen molar-refractivity contribution in [2.24, 2.45) is 0 Å². The Morgan fingerprint density at radius 2 is 1.95 bits per heavy atom. The van der Waals surface area contributed by atoms with Gasteiger partial charge >= 0.3 is 11.9 Å². The maximum atomic E-state index is 10.9. The van der Waals surface area contributed by atoms with Gasteiger partial charge in [-0.05, 0) is 24.6 Å². The number of hydrogen-bond donors (Lipinski definition) is 2. The molecule has 2 aromatic rings. The van der Waals surface area contributed by atoms with E-state index in [1.165, 1.54) is 6.07 Å². The van der Waals surface area contributed by atoms with Crippen LogP contribution in [0.5, 0.6) is 0 Å². The van der Waals surface area contributed by atoms with Gasteiger partial charge in [-0.15, -0.1) is 0 Å². The molecule has 1 aromatic heterocycles. The van der Waals surface area contributed by atoms with Crippen LogP contribution in [-0.4, -0.2) is 27.1 Å². The molecule has 0 atom stereocenters. The molecule has 0 spiro atoms. The maximum absolute atomic E-state index is 10.9. The van der Waals surface area contributed by atoms with Crippen LogP contribution >= 0.6 is 11.6 Å². The predicted molar refractivity (Wildman–Crippen MR) is 65.6 cm³/mol. The molecule has 1 aromatic carbocycles. The van der Waals surface area contributed by atoms with Gasteiger partial charge in [-0.3, -0.25) is 0 Å². The first kappa shape index (κ1) is 13.1. The number of nitrogens with zero attached hydrogens (tertiary/aromatic N) is 1. The Bertz CT molecular complexity index is 645. The van der Waals surface area contributed by atoms with E-state index in [1.807, 2.05) is 0 Å². The van der Waals surface area contributed by atoms with Crippen LogP contribution in [0.25, 0.3) is 11.5 Å². The average Bonchev–Trinajstić information content (AvgIpc) is 2.77. The highest BCUT2D eigenvalue weighted by Gasteiger charge is 2.25. The van der Waals surface area contributed by atoms with Crippen molar-refractivity contribution in [2.75, 3.05) is 0 Å². The molecule has 0 aliphatic carbocycles. The van der Waals surface area contributed by atoms with Crippen LogP contribution in [0.4, 0.5) is 0 Å². The van der Waals surface area contributed by atoms with Crippen molar-refractivity contribution in [1.29, 1.82) is 0 Å². The van der Waals surface area contributed by atoms with Gasteiger partial charge in [0.05, 0.1) is 0 Å². The van der Waals surface area contributed by atoms with E-state index in [2.05, 4.69) is 4.98 Å². The molecular formula is C12H8ClNO5. The van der Waals surface area contributed by atoms with Crippen LogP contribution in [0.2, 0.25) is 5.02 Å². The summed E-state index contributed by atoms with van der Waals surface area (Å²) in [5.74, 6) is -3.75. The molecule has 0 aliphatic rings. The van der Waals surface area contributed by atoms with Crippen molar-refractivity contribution < 1.29 is 24.2 Å². The molecular weight excluding hydrogens is 274 g/mol. The number of benzene rings is 1. The zero-order valence-corrected chi connectivity index (χ0v) is 10.4. The molecule has 19 heavy (non-hydrogen) atoms. The van der Waals surface area contributed by atoms with Crippen LogP contribution < -0.4 is 0 Å². The summed E-state index contributed by atoms with van der Waals surface area (Å²) >= 11 is 5.84. The van der Waals surface area contributed by atoms with Gasteiger partial charge in [0.25, 0.3) is 0 Å². The number of aromatic nitrogens is 1. The van der Waals surface area contributed by atoms with E-state index in [1.54, 1.807) is 19.1 Å². The SMILES string of the molecule is Cc1ccc(Cl)cc1-c1nc(C(=O)O)c(C(=O)O)o1. The van der Waals surface area contributed by atoms with Gasteiger partial charge in [-0.25, -0.2) is 14.6 Å². The molecule has 98 valence electrons. The van der Waals surface area contributed by atoms with Gasteiger partial charge in [-0.1, -0.05) is 17.7 Å². The predicted octanol–water partition coefficient (Wildman–Crippen LogP) is 2.70. The van der Waals surface area contributed by atoms with Gasteiger partial charge < -0.3 is 14.6 Å². The fourth-order valence-electron chi connectivity index (χ4n) is 1.55. The molecule has 0 saturated heterocycles.